The molecule has 114 valence electrons. The second-order valence-corrected chi connectivity index (χ2v) is 5.31. The number of unbranched alkanes of at least 4 members (excludes halogenated alkanes) is 1. The molecule has 1 aromatic rings. The lowest BCUT2D eigenvalue weighted by Gasteiger charge is -2.15. The van der Waals surface area contributed by atoms with E-state index in [0.29, 0.717) is 17.7 Å². The van der Waals surface area contributed by atoms with Crippen LogP contribution in [0, 0.1) is 0 Å². The number of rotatable bonds is 6. The molecule has 0 spiro atoms. The second kappa shape index (κ2) is 7.22. The molecule has 3 N–H and O–H groups in total. The van der Waals surface area contributed by atoms with Crippen LogP contribution in [0.5, 0.6) is 5.75 Å². The van der Waals surface area contributed by atoms with E-state index in [0.717, 1.165) is 32.2 Å². The number of nitrogens with one attached hydrogen (secondary N) is 1. The molecule has 5 heteroatoms. The molecule has 0 radical (unpaired) electrons. The molecule has 2 rings (SSSR count). The normalized spacial score (nSPS) is 17.7. The first-order chi connectivity index (χ1) is 10.1. The average Bonchev–Trinajstić information content (AvgIpc) is 2.99. The van der Waals surface area contributed by atoms with Gasteiger partial charge in [-0.05, 0) is 37.9 Å². The van der Waals surface area contributed by atoms with E-state index in [9.17, 15) is 9.59 Å². The topological polar surface area (TPSA) is 81.4 Å². The Labute approximate surface area is 124 Å². The minimum Gasteiger partial charge on any atom is -0.426 e. The predicted octanol–water partition coefficient (Wildman–Crippen LogP) is 2.30. The van der Waals surface area contributed by atoms with Crippen LogP contribution in [0.25, 0.3) is 0 Å². The summed E-state index contributed by atoms with van der Waals surface area (Å²) in [5, 5.41) is 3.15. The summed E-state index contributed by atoms with van der Waals surface area (Å²) in [6.07, 6.45) is 3.80. The van der Waals surface area contributed by atoms with Gasteiger partial charge < -0.3 is 15.8 Å². The van der Waals surface area contributed by atoms with Crippen LogP contribution in [-0.4, -0.2) is 24.3 Å². The van der Waals surface area contributed by atoms with Gasteiger partial charge in [0.15, 0.2) is 5.78 Å². The number of ketones is 1. The Balaban J connectivity index is 2.19. The smallest absolute Gasteiger partial charge is 0.311 e. The molecule has 0 saturated carbocycles. The maximum absolute atomic E-state index is 12.6. The van der Waals surface area contributed by atoms with Crippen LogP contribution in [-0.2, 0) is 4.79 Å². The molecule has 0 unspecified atom stereocenters. The number of carbonyl (C=O) groups excluding carboxylic acids is 2. The van der Waals surface area contributed by atoms with Crippen LogP contribution in [0.15, 0.2) is 18.2 Å². The largest absolute Gasteiger partial charge is 0.426 e. The lowest BCUT2D eigenvalue weighted by molar-refractivity contribution is -0.134. The maximum Gasteiger partial charge on any atom is 0.311 e. The van der Waals surface area contributed by atoms with E-state index in [-0.39, 0.29) is 23.5 Å². The van der Waals surface area contributed by atoms with Gasteiger partial charge in [-0.3, -0.25) is 9.59 Å². The zero-order chi connectivity index (χ0) is 15.2. The van der Waals surface area contributed by atoms with E-state index in [1.165, 1.54) is 0 Å². The van der Waals surface area contributed by atoms with Crippen molar-refractivity contribution in [2.75, 3.05) is 12.3 Å². The third-order valence-electron chi connectivity index (χ3n) is 3.64. The molecule has 1 heterocycles. The highest BCUT2D eigenvalue weighted by molar-refractivity contribution is 6.07. The number of Topliss-reactive ketones (excluding diaryl/α,β-unsaturated/α-hetero) is 1. The summed E-state index contributed by atoms with van der Waals surface area (Å²) in [5.74, 6) is -0.144. The Bertz CT molecular complexity index is 522. The molecule has 0 amide bonds. The lowest BCUT2D eigenvalue weighted by Crippen LogP contribution is -2.31. The number of hydrogen-bond donors (Lipinski definition) is 2. The summed E-state index contributed by atoms with van der Waals surface area (Å²) in [6, 6.07) is 4.74. The van der Waals surface area contributed by atoms with Crippen LogP contribution in [0.2, 0.25) is 0 Å². The van der Waals surface area contributed by atoms with Gasteiger partial charge in [0.2, 0.25) is 0 Å². The number of nitrogen functional groups attached to an aromatic ring is 1. The third kappa shape index (κ3) is 3.82. The highest BCUT2D eigenvalue weighted by Gasteiger charge is 2.28. The van der Waals surface area contributed by atoms with Crippen molar-refractivity contribution >= 4 is 17.4 Å². The molecule has 0 bridgehead atoms. The summed E-state index contributed by atoms with van der Waals surface area (Å²) < 4.78 is 5.34. The Morgan fingerprint density at radius 1 is 1.43 bits per heavy atom. The first-order valence-corrected chi connectivity index (χ1v) is 7.50. The van der Waals surface area contributed by atoms with Gasteiger partial charge in [-0.25, -0.2) is 0 Å². The summed E-state index contributed by atoms with van der Waals surface area (Å²) in [5.41, 5.74) is 6.60. The Morgan fingerprint density at radius 3 is 2.90 bits per heavy atom. The van der Waals surface area contributed by atoms with E-state index in [4.69, 9.17) is 10.5 Å². The zero-order valence-electron chi connectivity index (χ0n) is 12.4. The van der Waals surface area contributed by atoms with Crippen LogP contribution in [0.3, 0.4) is 0 Å². The summed E-state index contributed by atoms with van der Waals surface area (Å²) in [4.78, 5) is 24.3. The first-order valence-electron chi connectivity index (χ1n) is 7.50. The fraction of sp³-hybridized carbons (Fsp3) is 0.500. The first kappa shape index (κ1) is 15.5. The molecule has 0 aromatic heterocycles. The van der Waals surface area contributed by atoms with Gasteiger partial charge in [0, 0.05) is 12.1 Å². The molecular formula is C16H22N2O3. The van der Waals surface area contributed by atoms with Crippen LogP contribution in [0.1, 0.15) is 49.4 Å². The summed E-state index contributed by atoms with van der Waals surface area (Å²) >= 11 is 0. The van der Waals surface area contributed by atoms with Crippen LogP contribution >= 0.6 is 0 Å². The fourth-order valence-corrected chi connectivity index (χ4v) is 2.47. The van der Waals surface area contributed by atoms with Gasteiger partial charge in [-0.2, -0.15) is 0 Å². The van der Waals surface area contributed by atoms with Crippen molar-refractivity contribution < 1.29 is 14.3 Å². The average molecular weight is 290 g/mol. The summed E-state index contributed by atoms with van der Waals surface area (Å²) in [7, 11) is 0. The van der Waals surface area contributed by atoms with Gasteiger partial charge in [0.1, 0.15) is 5.75 Å². The van der Waals surface area contributed by atoms with E-state index in [1.807, 2.05) is 6.92 Å². The molecule has 5 nitrogen and oxygen atoms in total. The number of carbonyl (C=O) groups is 2. The summed E-state index contributed by atoms with van der Waals surface area (Å²) in [6.45, 7) is 2.84. The van der Waals surface area contributed by atoms with E-state index >= 15 is 0 Å². The van der Waals surface area contributed by atoms with Crippen molar-refractivity contribution in [2.24, 2.45) is 0 Å². The maximum atomic E-state index is 12.6. The number of nitrogens with two attached hydrogens (primary N) is 1. The van der Waals surface area contributed by atoms with Crippen LogP contribution in [0.4, 0.5) is 5.69 Å². The Morgan fingerprint density at radius 2 is 2.24 bits per heavy atom. The second-order valence-electron chi connectivity index (χ2n) is 5.31. The SMILES string of the molecule is CCCCC(=O)Oc1cccc(N)c1C(=O)[C@H]1CCCN1. The van der Waals surface area contributed by atoms with E-state index in [1.54, 1.807) is 18.2 Å². The van der Waals surface area contributed by atoms with Crippen molar-refractivity contribution in [3.8, 4) is 5.75 Å². The number of ether oxygens (including phenoxy) is 1. The molecule has 1 aliphatic rings. The van der Waals surface area contributed by atoms with E-state index in [2.05, 4.69) is 5.32 Å². The predicted molar refractivity (Wildman–Crippen MR) is 81.4 cm³/mol. The number of hydrogen-bond acceptors (Lipinski definition) is 5. The minimum atomic E-state index is -0.323. The van der Waals surface area contributed by atoms with Gasteiger partial charge in [0.25, 0.3) is 0 Å². The van der Waals surface area contributed by atoms with Crippen molar-refractivity contribution in [1.29, 1.82) is 0 Å². The van der Waals surface area contributed by atoms with Crippen LogP contribution < -0.4 is 15.8 Å². The standard InChI is InChI=1S/C16H22N2O3/c1-2-3-9-14(19)21-13-8-4-6-11(17)15(13)16(20)12-7-5-10-18-12/h4,6,8,12,18H,2-3,5,7,9-10,17H2,1H3/t12-/m1/s1. The number of esters is 1. The van der Waals surface area contributed by atoms with Crippen molar-refractivity contribution in [2.45, 2.75) is 45.1 Å². The quantitative estimate of drug-likeness (QED) is 0.363. The highest BCUT2D eigenvalue weighted by Crippen LogP contribution is 2.28. The van der Waals surface area contributed by atoms with Gasteiger partial charge in [0.05, 0.1) is 11.6 Å². The molecule has 1 aromatic carbocycles. The molecule has 0 aliphatic carbocycles. The molecule has 21 heavy (non-hydrogen) atoms. The van der Waals surface area contributed by atoms with Crippen molar-refractivity contribution in [3.63, 3.8) is 0 Å². The van der Waals surface area contributed by atoms with Gasteiger partial charge >= 0.3 is 5.97 Å². The van der Waals surface area contributed by atoms with Gasteiger partial charge in [-0.1, -0.05) is 19.4 Å². The number of benzene rings is 1. The fourth-order valence-electron chi connectivity index (χ4n) is 2.47. The minimum absolute atomic E-state index is 0.0936. The molecular weight excluding hydrogens is 268 g/mol. The third-order valence-corrected chi connectivity index (χ3v) is 3.64. The number of anilines is 1. The monoisotopic (exact) mass is 290 g/mol. The van der Waals surface area contributed by atoms with E-state index < -0.39 is 0 Å². The molecule has 1 atom stereocenters. The zero-order valence-corrected chi connectivity index (χ0v) is 12.4. The Kier molecular flexibility index (Phi) is 5.33. The van der Waals surface area contributed by atoms with Crippen molar-refractivity contribution in [3.05, 3.63) is 23.8 Å². The molecule has 1 saturated heterocycles. The molecule has 1 fully saturated rings. The lowest BCUT2D eigenvalue weighted by atomic mass is 10.0. The Hall–Kier alpha value is -1.88. The van der Waals surface area contributed by atoms with Gasteiger partial charge in [-0.15, -0.1) is 0 Å². The molecule has 1 aliphatic heterocycles. The highest BCUT2D eigenvalue weighted by atomic mass is 16.5. The van der Waals surface area contributed by atoms with Crippen molar-refractivity contribution in [1.82, 2.24) is 5.32 Å².